The lowest BCUT2D eigenvalue weighted by Crippen LogP contribution is -2.42. The Balaban J connectivity index is 2.40. The first kappa shape index (κ1) is 16.7. The molecule has 0 bridgehead atoms. The molecule has 0 saturated carbocycles. The average molecular weight is 304 g/mol. The summed E-state index contributed by atoms with van der Waals surface area (Å²) in [5.74, 6) is -0.604. The van der Waals surface area contributed by atoms with Crippen LogP contribution in [0.5, 0.6) is 5.75 Å². The molecule has 1 amide bonds. The van der Waals surface area contributed by atoms with Crippen molar-refractivity contribution in [3.8, 4) is 5.75 Å². The summed E-state index contributed by atoms with van der Waals surface area (Å²) in [6.45, 7) is 3.53. The molecule has 6 heteroatoms. The number of carbonyl (C=O) groups is 1. The van der Waals surface area contributed by atoms with E-state index in [2.05, 4.69) is 5.32 Å². The molecule has 112 valence electrons. The topological polar surface area (TPSA) is 58.6 Å². The van der Waals surface area contributed by atoms with Crippen molar-refractivity contribution >= 4 is 17.5 Å². The Morgan fingerprint density at radius 2 is 2.25 bits per heavy atom. The van der Waals surface area contributed by atoms with Crippen LogP contribution in [0, 0.1) is 5.82 Å². The lowest BCUT2D eigenvalue weighted by atomic mass is 10.0. The van der Waals surface area contributed by atoms with E-state index in [0.29, 0.717) is 6.42 Å². The van der Waals surface area contributed by atoms with Crippen molar-refractivity contribution < 1.29 is 19.0 Å². The molecule has 0 heterocycles. The molecule has 0 spiro atoms. The Labute approximate surface area is 122 Å². The summed E-state index contributed by atoms with van der Waals surface area (Å²) in [6, 6.07) is 3.67. The summed E-state index contributed by atoms with van der Waals surface area (Å²) in [7, 11) is 0. The Morgan fingerprint density at radius 3 is 2.85 bits per heavy atom. The van der Waals surface area contributed by atoms with Gasteiger partial charge in [0.25, 0.3) is 5.91 Å². The first-order valence-corrected chi connectivity index (χ1v) is 6.79. The smallest absolute Gasteiger partial charge is 0.258 e. The predicted octanol–water partition coefficient (Wildman–Crippen LogP) is 2.53. The number of amides is 1. The highest BCUT2D eigenvalue weighted by atomic mass is 35.5. The molecule has 0 aromatic heterocycles. The fourth-order valence-corrected chi connectivity index (χ4v) is 1.92. The maximum atomic E-state index is 12.8. The molecule has 1 atom stereocenters. The first-order chi connectivity index (χ1) is 9.34. The number of ether oxygens (including phenoxy) is 1. The molecule has 20 heavy (non-hydrogen) atoms. The molecule has 0 radical (unpaired) electrons. The van der Waals surface area contributed by atoms with Crippen molar-refractivity contribution in [1.82, 2.24) is 5.32 Å². The summed E-state index contributed by atoms with van der Waals surface area (Å²) < 4.78 is 18.0. The highest BCUT2D eigenvalue weighted by Gasteiger charge is 2.19. The lowest BCUT2D eigenvalue weighted by molar-refractivity contribution is -0.124. The zero-order chi connectivity index (χ0) is 15.2. The van der Waals surface area contributed by atoms with Crippen LogP contribution in [0.15, 0.2) is 18.2 Å². The van der Waals surface area contributed by atoms with Crippen molar-refractivity contribution in [2.45, 2.75) is 32.3 Å². The van der Waals surface area contributed by atoms with Crippen molar-refractivity contribution in [3.05, 3.63) is 29.0 Å². The highest BCUT2D eigenvalue weighted by molar-refractivity contribution is 6.32. The molecule has 1 aromatic rings. The van der Waals surface area contributed by atoms with Gasteiger partial charge in [0.1, 0.15) is 11.6 Å². The maximum Gasteiger partial charge on any atom is 0.258 e. The minimum Gasteiger partial charge on any atom is -0.482 e. The van der Waals surface area contributed by atoms with E-state index < -0.39 is 11.4 Å². The van der Waals surface area contributed by atoms with Gasteiger partial charge in [0, 0.05) is 6.54 Å². The van der Waals surface area contributed by atoms with Gasteiger partial charge in [-0.2, -0.15) is 0 Å². The van der Waals surface area contributed by atoms with E-state index in [1.165, 1.54) is 12.1 Å². The van der Waals surface area contributed by atoms with E-state index in [1.54, 1.807) is 6.92 Å². The monoisotopic (exact) mass is 303 g/mol. The van der Waals surface area contributed by atoms with Crippen LogP contribution in [-0.2, 0) is 4.79 Å². The van der Waals surface area contributed by atoms with Crippen LogP contribution >= 0.6 is 11.6 Å². The predicted molar refractivity (Wildman–Crippen MR) is 75.4 cm³/mol. The quantitative estimate of drug-likeness (QED) is 0.814. The second-order valence-corrected chi connectivity index (χ2v) is 5.29. The minimum atomic E-state index is -0.933. The maximum absolute atomic E-state index is 12.8. The number of halogens is 2. The van der Waals surface area contributed by atoms with E-state index in [4.69, 9.17) is 16.3 Å². The number of hydrogen-bond acceptors (Lipinski definition) is 3. The Kier molecular flexibility index (Phi) is 6.23. The van der Waals surface area contributed by atoms with Gasteiger partial charge >= 0.3 is 0 Å². The van der Waals surface area contributed by atoms with Crippen molar-refractivity contribution in [1.29, 1.82) is 0 Å². The highest BCUT2D eigenvalue weighted by Crippen LogP contribution is 2.24. The van der Waals surface area contributed by atoms with Crippen LogP contribution in [0.2, 0.25) is 5.02 Å². The van der Waals surface area contributed by atoms with Gasteiger partial charge in [-0.3, -0.25) is 4.79 Å². The SMILES string of the molecule is CCCC(C)(O)CNC(=O)COc1ccc(F)cc1Cl. The van der Waals surface area contributed by atoms with Crippen LogP contribution in [0.25, 0.3) is 0 Å². The molecule has 0 aliphatic rings. The summed E-state index contributed by atoms with van der Waals surface area (Å²) >= 11 is 5.77. The fraction of sp³-hybridized carbons (Fsp3) is 0.500. The molecular formula is C14H19ClFNO3. The third-order valence-electron chi connectivity index (χ3n) is 2.71. The first-order valence-electron chi connectivity index (χ1n) is 6.41. The number of carbonyl (C=O) groups excluding carboxylic acids is 1. The normalized spacial score (nSPS) is 13.7. The molecule has 0 fully saturated rings. The van der Waals surface area contributed by atoms with E-state index >= 15 is 0 Å². The molecule has 0 saturated heterocycles. The molecule has 2 N–H and O–H groups in total. The molecule has 1 unspecified atom stereocenters. The van der Waals surface area contributed by atoms with Gasteiger partial charge in [-0.25, -0.2) is 4.39 Å². The van der Waals surface area contributed by atoms with Gasteiger partial charge in [0.15, 0.2) is 6.61 Å². The summed E-state index contributed by atoms with van der Waals surface area (Å²) in [5, 5.41) is 12.6. The van der Waals surface area contributed by atoms with Crippen molar-refractivity contribution in [3.63, 3.8) is 0 Å². The van der Waals surface area contributed by atoms with Crippen molar-refractivity contribution in [2.75, 3.05) is 13.2 Å². The lowest BCUT2D eigenvalue weighted by Gasteiger charge is -2.22. The zero-order valence-corrected chi connectivity index (χ0v) is 12.3. The Hall–Kier alpha value is -1.33. The van der Waals surface area contributed by atoms with Gasteiger partial charge in [-0.15, -0.1) is 0 Å². The fourth-order valence-electron chi connectivity index (χ4n) is 1.70. The second-order valence-electron chi connectivity index (χ2n) is 4.89. The van der Waals surface area contributed by atoms with E-state index in [1.807, 2.05) is 6.92 Å². The van der Waals surface area contributed by atoms with Gasteiger partial charge in [0.2, 0.25) is 0 Å². The third kappa shape index (κ3) is 5.75. The summed E-state index contributed by atoms with van der Waals surface area (Å²) in [5.41, 5.74) is -0.933. The average Bonchev–Trinajstić information content (AvgIpc) is 2.35. The number of benzene rings is 1. The molecule has 1 aromatic carbocycles. The number of hydrogen-bond donors (Lipinski definition) is 2. The molecule has 0 aliphatic carbocycles. The summed E-state index contributed by atoms with van der Waals surface area (Å²) in [4.78, 5) is 11.6. The van der Waals surface area contributed by atoms with E-state index in [9.17, 15) is 14.3 Å². The molecule has 0 aliphatic heterocycles. The van der Waals surface area contributed by atoms with E-state index in [0.717, 1.165) is 12.5 Å². The largest absolute Gasteiger partial charge is 0.482 e. The van der Waals surface area contributed by atoms with Crippen molar-refractivity contribution in [2.24, 2.45) is 0 Å². The number of aliphatic hydroxyl groups is 1. The second kappa shape index (κ2) is 7.45. The molecular weight excluding hydrogens is 285 g/mol. The Morgan fingerprint density at radius 1 is 1.55 bits per heavy atom. The Bertz CT molecular complexity index is 466. The van der Waals surface area contributed by atoms with Crippen LogP contribution in [0.3, 0.4) is 0 Å². The summed E-state index contributed by atoms with van der Waals surface area (Å²) in [6.07, 6.45) is 1.42. The van der Waals surface area contributed by atoms with Crippen LogP contribution < -0.4 is 10.1 Å². The molecule has 1 rings (SSSR count). The van der Waals surface area contributed by atoms with Crippen LogP contribution in [0.4, 0.5) is 4.39 Å². The number of nitrogens with one attached hydrogen (secondary N) is 1. The van der Waals surface area contributed by atoms with Gasteiger partial charge < -0.3 is 15.2 Å². The van der Waals surface area contributed by atoms with Gasteiger partial charge in [0.05, 0.1) is 10.6 Å². The molecule has 4 nitrogen and oxygen atoms in total. The standard InChI is InChI=1S/C14H19ClFNO3/c1-3-6-14(2,19)9-17-13(18)8-20-12-5-4-10(16)7-11(12)15/h4-5,7,19H,3,6,8-9H2,1-2H3,(H,17,18). The van der Waals surface area contributed by atoms with Gasteiger partial charge in [-0.1, -0.05) is 24.9 Å². The van der Waals surface area contributed by atoms with Crippen LogP contribution in [0.1, 0.15) is 26.7 Å². The van der Waals surface area contributed by atoms with Crippen LogP contribution in [-0.4, -0.2) is 29.8 Å². The zero-order valence-electron chi connectivity index (χ0n) is 11.6. The van der Waals surface area contributed by atoms with Gasteiger partial charge in [-0.05, 0) is 31.5 Å². The minimum absolute atomic E-state index is 0.107. The third-order valence-corrected chi connectivity index (χ3v) is 3.00. The van der Waals surface area contributed by atoms with E-state index in [-0.39, 0.29) is 29.8 Å². The number of rotatable bonds is 7.